The van der Waals surface area contributed by atoms with E-state index in [-0.39, 0.29) is 11.8 Å². The Hall–Kier alpha value is -1.40. The van der Waals surface area contributed by atoms with Crippen LogP contribution in [0.25, 0.3) is 0 Å². The molecule has 0 spiro atoms. The first-order valence-corrected chi connectivity index (χ1v) is 10.9. The Morgan fingerprint density at radius 2 is 1.92 bits per heavy atom. The Kier molecular flexibility index (Phi) is 7.50. The van der Waals surface area contributed by atoms with Crippen molar-refractivity contribution >= 4 is 23.2 Å². The second-order valence-electron chi connectivity index (χ2n) is 7.44. The first-order valence-electron chi connectivity index (χ1n) is 10.0. The molecule has 0 radical (unpaired) electrons. The van der Waals surface area contributed by atoms with Crippen molar-refractivity contribution in [2.75, 3.05) is 32.7 Å². The highest BCUT2D eigenvalue weighted by Crippen LogP contribution is 2.20. The van der Waals surface area contributed by atoms with Gasteiger partial charge in [0.2, 0.25) is 11.8 Å². The van der Waals surface area contributed by atoms with Gasteiger partial charge < -0.3 is 10.2 Å². The molecule has 1 atom stereocenters. The van der Waals surface area contributed by atoms with Crippen LogP contribution in [-0.4, -0.2) is 60.4 Å². The monoisotopic (exact) mass is 377 g/mol. The Balaban J connectivity index is 1.59. The maximum atomic E-state index is 12.7. The highest BCUT2D eigenvalue weighted by atomic mass is 32.1. The van der Waals surface area contributed by atoms with Crippen LogP contribution in [-0.2, 0) is 16.0 Å². The topological polar surface area (TPSA) is 52.7 Å². The van der Waals surface area contributed by atoms with Gasteiger partial charge in [-0.1, -0.05) is 12.5 Å². The standard InChI is InChI=1S/C20H31N3O2S/c24-19-15-17-7-1-3-10-22(17)12-6-13-23(11-4-2-9-21-19)20(25)16-18-8-5-14-26-18/h5,8,14,17H,1-4,6-7,9-13,15-16H2,(H,21,24). The molecular formula is C20H31N3O2S. The summed E-state index contributed by atoms with van der Waals surface area (Å²) in [5.41, 5.74) is 0. The summed E-state index contributed by atoms with van der Waals surface area (Å²) >= 11 is 1.65. The zero-order chi connectivity index (χ0) is 18.2. The zero-order valence-corrected chi connectivity index (χ0v) is 16.4. The number of amides is 2. The highest BCUT2D eigenvalue weighted by Gasteiger charge is 2.25. The summed E-state index contributed by atoms with van der Waals surface area (Å²) < 4.78 is 0. The largest absolute Gasteiger partial charge is 0.356 e. The van der Waals surface area contributed by atoms with Gasteiger partial charge in [-0.15, -0.1) is 11.3 Å². The van der Waals surface area contributed by atoms with Crippen LogP contribution < -0.4 is 5.32 Å². The average Bonchev–Trinajstić information content (AvgIpc) is 3.14. The summed E-state index contributed by atoms with van der Waals surface area (Å²) in [4.78, 5) is 30.6. The second kappa shape index (κ2) is 10.1. The molecule has 2 saturated heterocycles. The number of nitrogens with zero attached hydrogens (tertiary/aromatic N) is 2. The van der Waals surface area contributed by atoms with Gasteiger partial charge in [0, 0.05) is 43.5 Å². The predicted octanol–water partition coefficient (Wildman–Crippen LogP) is 2.66. The number of piperidine rings is 1. The molecule has 0 bridgehead atoms. The van der Waals surface area contributed by atoms with E-state index >= 15 is 0 Å². The van der Waals surface area contributed by atoms with E-state index < -0.39 is 0 Å². The fraction of sp³-hybridized carbons (Fsp3) is 0.700. The third-order valence-corrected chi connectivity index (χ3v) is 6.36. The molecule has 2 aliphatic heterocycles. The van der Waals surface area contributed by atoms with Gasteiger partial charge in [0.1, 0.15) is 0 Å². The van der Waals surface area contributed by atoms with Gasteiger partial charge in [0.25, 0.3) is 0 Å². The molecule has 1 aromatic heterocycles. The minimum absolute atomic E-state index is 0.187. The van der Waals surface area contributed by atoms with Crippen molar-refractivity contribution in [3.05, 3.63) is 22.4 Å². The van der Waals surface area contributed by atoms with E-state index in [1.54, 1.807) is 11.3 Å². The third kappa shape index (κ3) is 5.81. The van der Waals surface area contributed by atoms with E-state index in [1.165, 1.54) is 12.8 Å². The summed E-state index contributed by atoms with van der Waals surface area (Å²) in [5.74, 6) is 0.424. The second-order valence-corrected chi connectivity index (χ2v) is 8.47. The Labute approximate surface area is 160 Å². The van der Waals surface area contributed by atoms with E-state index in [9.17, 15) is 9.59 Å². The number of thiophene rings is 1. The first kappa shape index (κ1) is 19.4. The van der Waals surface area contributed by atoms with E-state index in [4.69, 9.17) is 0 Å². The van der Waals surface area contributed by atoms with Crippen molar-refractivity contribution in [2.24, 2.45) is 0 Å². The summed E-state index contributed by atoms with van der Waals surface area (Å²) in [6.45, 7) is 4.42. The molecule has 0 aliphatic carbocycles. The normalized spacial score (nSPS) is 23.9. The van der Waals surface area contributed by atoms with Gasteiger partial charge in [0.15, 0.2) is 0 Å². The van der Waals surface area contributed by atoms with Crippen LogP contribution in [0, 0.1) is 0 Å². The number of carbonyl (C=O) groups excluding carboxylic acids is 2. The lowest BCUT2D eigenvalue weighted by Crippen LogP contribution is -2.44. The van der Waals surface area contributed by atoms with E-state index in [1.807, 2.05) is 22.4 Å². The number of hydrogen-bond donors (Lipinski definition) is 1. The lowest BCUT2D eigenvalue weighted by Gasteiger charge is -2.35. The van der Waals surface area contributed by atoms with Gasteiger partial charge in [0.05, 0.1) is 6.42 Å². The van der Waals surface area contributed by atoms with E-state index in [0.29, 0.717) is 18.9 Å². The zero-order valence-electron chi connectivity index (χ0n) is 15.6. The summed E-state index contributed by atoms with van der Waals surface area (Å²) in [6, 6.07) is 4.42. The van der Waals surface area contributed by atoms with Crippen LogP contribution in [0.5, 0.6) is 0 Å². The van der Waals surface area contributed by atoms with Crippen LogP contribution in [0.1, 0.15) is 49.8 Å². The lowest BCUT2D eigenvalue weighted by atomic mass is 9.98. The average molecular weight is 378 g/mol. The molecule has 0 aromatic carbocycles. The Bertz CT molecular complexity index is 576. The van der Waals surface area contributed by atoms with Crippen LogP contribution in [0.4, 0.5) is 0 Å². The molecule has 2 fully saturated rings. The van der Waals surface area contributed by atoms with Crippen molar-refractivity contribution in [3.8, 4) is 0 Å². The van der Waals surface area contributed by atoms with Crippen LogP contribution in [0.2, 0.25) is 0 Å². The van der Waals surface area contributed by atoms with Crippen molar-refractivity contribution in [3.63, 3.8) is 0 Å². The van der Waals surface area contributed by atoms with Gasteiger partial charge in [-0.3, -0.25) is 14.5 Å². The first-order chi connectivity index (χ1) is 12.7. The maximum Gasteiger partial charge on any atom is 0.227 e. The predicted molar refractivity (Wildman–Crippen MR) is 105 cm³/mol. The molecule has 1 N–H and O–H groups in total. The summed E-state index contributed by atoms with van der Waals surface area (Å²) in [5, 5.41) is 5.10. The number of hydrogen-bond acceptors (Lipinski definition) is 4. The Morgan fingerprint density at radius 1 is 1.12 bits per heavy atom. The third-order valence-electron chi connectivity index (χ3n) is 5.48. The quantitative estimate of drug-likeness (QED) is 0.862. The van der Waals surface area contributed by atoms with Crippen LogP contribution in [0.15, 0.2) is 17.5 Å². The van der Waals surface area contributed by atoms with Gasteiger partial charge in [-0.05, 0) is 50.1 Å². The van der Waals surface area contributed by atoms with Crippen LogP contribution >= 0.6 is 11.3 Å². The van der Waals surface area contributed by atoms with Crippen molar-refractivity contribution in [2.45, 2.75) is 57.4 Å². The van der Waals surface area contributed by atoms with E-state index in [0.717, 1.165) is 63.3 Å². The molecular weight excluding hydrogens is 346 g/mol. The van der Waals surface area contributed by atoms with Gasteiger partial charge in [-0.2, -0.15) is 0 Å². The molecule has 144 valence electrons. The minimum Gasteiger partial charge on any atom is -0.356 e. The molecule has 2 aliphatic rings. The highest BCUT2D eigenvalue weighted by molar-refractivity contribution is 7.10. The lowest BCUT2D eigenvalue weighted by molar-refractivity contribution is -0.130. The number of nitrogens with one attached hydrogen (secondary N) is 1. The molecule has 3 rings (SSSR count). The van der Waals surface area contributed by atoms with E-state index in [2.05, 4.69) is 10.2 Å². The van der Waals surface area contributed by atoms with Gasteiger partial charge in [-0.25, -0.2) is 0 Å². The smallest absolute Gasteiger partial charge is 0.227 e. The molecule has 3 heterocycles. The molecule has 1 aromatic rings. The van der Waals surface area contributed by atoms with Crippen molar-refractivity contribution in [1.82, 2.24) is 15.1 Å². The van der Waals surface area contributed by atoms with Gasteiger partial charge >= 0.3 is 0 Å². The SMILES string of the molecule is O=C1CC2CCCCN2CCCN(C(=O)Cc2cccs2)CCCCN1. The number of fused-ring (bicyclic) bond motifs is 1. The molecule has 6 heteroatoms. The molecule has 5 nitrogen and oxygen atoms in total. The molecule has 2 amide bonds. The Morgan fingerprint density at radius 3 is 2.77 bits per heavy atom. The molecule has 1 unspecified atom stereocenters. The van der Waals surface area contributed by atoms with Crippen LogP contribution in [0.3, 0.4) is 0 Å². The fourth-order valence-corrected chi connectivity index (χ4v) is 4.72. The molecule has 0 saturated carbocycles. The number of rotatable bonds is 2. The minimum atomic E-state index is 0.187. The molecule has 26 heavy (non-hydrogen) atoms. The fourth-order valence-electron chi connectivity index (χ4n) is 4.03. The summed E-state index contributed by atoms with van der Waals surface area (Å²) in [7, 11) is 0. The van der Waals surface area contributed by atoms with Crippen molar-refractivity contribution in [1.29, 1.82) is 0 Å². The maximum absolute atomic E-state index is 12.7. The summed E-state index contributed by atoms with van der Waals surface area (Å²) in [6.07, 6.45) is 7.58. The number of carbonyl (C=O) groups is 2. The van der Waals surface area contributed by atoms with Crippen molar-refractivity contribution < 1.29 is 9.59 Å².